The highest BCUT2D eigenvalue weighted by Gasteiger charge is 2.30. The second-order valence-electron chi connectivity index (χ2n) is 7.62. The van der Waals surface area contributed by atoms with E-state index in [9.17, 15) is 18.0 Å². The zero-order valence-electron chi connectivity index (χ0n) is 15.8. The van der Waals surface area contributed by atoms with Crippen LogP contribution in [0.4, 0.5) is 13.2 Å². The maximum atomic E-state index is 13.3. The molecule has 0 N–H and O–H groups in total. The smallest absolute Gasteiger partial charge is 0.280 e. The van der Waals surface area contributed by atoms with Gasteiger partial charge in [0.2, 0.25) is 5.91 Å². The topological polar surface area (TPSA) is 41.4 Å². The predicted molar refractivity (Wildman–Crippen MR) is 102 cm³/mol. The Bertz CT molecular complexity index is 892. The van der Waals surface area contributed by atoms with E-state index in [-0.39, 0.29) is 29.9 Å². The fourth-order valence-electron chi connectivity index (χ4n) is 3.61. The van der Waals surface area contributed by atoms with Gasteiger partial charge in [-0.2, -0.15) is 5.10 Å². The molecule has 0 bridgehead atoms. The molecule has 1 aromatic carbocycles. The van der Waals surface area contributed by atoms with E-state index >= 15 is 0 Å². The number of aromatic nitrogens is 2. The monoisotopic (exact) mass is 426 g/mol. The molecule has 2 fully saturated rings. The van der Waals surface area contributed by atoms with Crippen molar-refractivity contribution < 1.29 is 18.0 Å². The molecule has 0 unspecified atom stereocenters. The van der Waals surface area contributed by atoms with Crippen LogP contribution in [0.15, 0.2) is 24.3 Å². The molecule has 2 aliphatic rings. The third-order valence-corrected chi connectivity index (χ3v) is 5.82. The van der Waals surface area contributed by atoms with Crippen molar-refractivity contribution in [3.63, 3.8) is 0 Å². The van der Waals surface area contributed by atoms with Crippen molar-refractivity contribution in [3.8, 4) is 0 Å². The lowest BCUT2D eigenvalue weighted by Crippen LogP contribution is -2.49. The highest BCUT2D eigenvalue weighted by Crippen LogP contribution is 2.40. The van der Waals surface area contributed by atoms with Gasteiger partial charge in [-0.25, -0.2) is 13.2 Å². The van der Waals surface area contributed by atoms with Gasteiger partial charge in [-0.05, 0) is 36.6 Å². The second-order valence-corrected chi connectivity index (χ2v) is 8.03. The molecular formula is C20H22ClF3N4O. The number of hydrogen-bond donors (Lipinski definition) is 0. The molecule has 5 nitrogen and oxygen atoms in total. The van der Waals surface area contributed by atoms with Gasteiger partial charge in [0.15, 0.2) is 0 Å². The highest BCUT2D eigenvalue weighted by molar-refractivity contribution is 6.31. The molecule has 156 valence electrons. The highest BCUT2D eigenvalue weighted by atomic mass is 35.5. The van der Waals surface area contributed by atoms with E-state index in [0.717, 1.165) is 23.1 Å². The van der Waals surface area contributed by atoms with Crippen LogP contribution in [0.1, 0.15) is 42.1 Å². The number of nitrogens with zero attached hydrogens (tertiary/aromatic N) is 4. The molecule has 29 heavy (non-hydrogen) atoms. The van der Waals surface area contributed by atoms with Gasteiger partial charge in [-0.3, -0.25) is 14.4 Å². The summed E-state index contributed by atoms with van der Waals surface area (Å²) in [7, 11) is 0. The van der Waals surface area contributed by atoms with E-state index < -0.39 is 6.43 Å². The molecule has 1 aliphatic carbocycles. The standard InChI is InChI=1S/C20H22ClF3N4O/c21-16-9-15(22)4-3-14(16)11-26-5-7-27(8-6-26)19(29)12-28-18(20(23)24)10-17(25-28)13-1-2-13/h3-4,9-10,13,20H,1-2,5-8,11-12H2. The molecule has 1 amide bonds. The minimum absolute atomic E-state index is 0.170. The number of rotatable bonds is 6. The molecule has 1 aromatic heterocycles. The first-order valence-corrected chi connectivity index (χ1v) is 10.1. The Morgan fingerprint density at radius 1 is 1.17 bits per heavy atom. The van der Waals surface area contributed by atoms with E-state index in [0.29, 0.717) is 43.4 Å². The summed E-state index contributed by atoms with van der Waals surface area (Å²) in [4.78, 5) is 16.4. The molecule has 2 heterocycles. The molecule has 1 saturated heterocycles. The Hall–Kier alpha value is -2.06. The summed E-state index contributed by atoms with van der Waals surface area (Å²) in [5.41, 5.74) is 1.30. The first-order valence-electron chi connectivity index (χ1n) is 9.70. The molecule has 1 saturated carbocycles. The van der Waals surface area contributed by atoms with Gasteiger partial charge in [-0.1, -0.05) is 17.7 Å². The third kappa shape index (κ3) is 4.75. The van der Waals surface area contributed by atoms with Gasteiger partial charge in [0, 0.05) is 43.7 Å². The molecule has 0 spiro atoms. The van der Waals surface area contributed by atoms with Crippen molar-refractivity contribution >= 4 is 17.5 Å². The lowest BCUT2D eigenvalue weighted by molar-refractivity contribution is -0.134. The molecule has 4 rings (SSSR count). The Morgan fingerprint density at radius 3 is 2.52 bits per heavy atom. The Balaban J connectivity index is 1.33. The van der Waals surface area contributed by atoms with Crippen LogP contribution in [0.2, 0.25) is 5.02 Å². The summed E-state index contributed by atoms with van der Waals surface area (Å²) in [5.74, 6) is -0.330. The normalized spacial score (nSPS) is 17.9. The van der Waals surface area contributed by atoms with Gasteiger partial charge in [0.25, 0.3) is 6.43 Å². The Morgan fingerprint density at radius 2 is 1.90 bits per heavy atom. The Kier molecular flexibility index (Phi) is 5.83. The average Bonchev–Trinajstić information content (AvgIpc) is 3.45. The van der Waals surface area contributed by atoms with Crippen LogP contribution < -0.4 is 0 Å². The number of halogens is 4. The fourth-order valence-corrected chi connectivity index (χ4v) is 3.83. The SMILES string of the molecule is O=C(Cn1nc(C2CC2)cc1C(F)F)N1CCN(Cc2ccc(F)cc2Cl)CC1. The maximum absolute atomic E-state index is 13.3. The van der Waals surface area contributed by atoms with Crippen LogP contribution in [0.3, 0.4) is 0 Å². The quantitative estimate of drug-likeness (QED) is 0.705. The largest absolute Gasteiger partial charge is 0.339 e. The number of carbonyl (C=O) groups excluding carboxylic acids is 1. The predicted octanol–water partition coefficient (Wildman–Crippen LogP) is 3.84. The number of piperazine rings is 1. The minimum atomic E-state index is -2.65. The number of carbonyl (C=O) groups is 1. The summed E-state index contributed by atoms with van der Waals surface area (Å²) >= 11 is 6.08. The van der Waals surface area contributed by atoms with Crippen molar-refractivity contribution in [3.05, 3.63) is 52.1 Å². The van der Waals surface area contributed by atoms with E-state index in [4.69, 9.17) is 11.6 Å². The molecule has 0 radical (unpaired) electrons. The first kappa shape index (κ1) is 20.2. The van der Waals surface area contributed by atoms with Crippen molar-refractivity contribution in [2.24, 2.45) is 0 Å². The number of alkyl halides is 2. The van der Waals surface area contributed by atoms with E-state index in [1.165, 1.54) is 18.2 Å². The van der Waals surface area contributed by atoms with Crippen molar-refractivity contribution in [2.75, 3.05) is 26.2 Å². The number of amides is 1. The summed E-state index contributed by atoms with van der Waals surface area (Å²) in [6, 6.07) is 5.76. The van der Waals surface area contributed by atoms with E-state index in [1.807, 2.05) is 0 Å². The van der Waals surface area contributed by atoms with Crippen LogP contribution in [-0.2, 0) is 17.9 Å². The van der Waals surface area contributed by atoms with E-state index in [2.05, 4.69) is 10.00 Å². The third-order valence-electron chi connectivity index (χ3n) is 5.47. The summed E-state index contributed by atoms with van der Waals surface area (Å²) in [5, 5.41) is 4.63. The van der Waals surface area contributed by atoms with Crippen molar-refractivity contribution in [1.29, 1.82) is 0 Å². The molecular weight excluding hydrogens is 405 g/mol. The molecule has 1 aliphatic heterocycles. The summed E-state index contributed by atoms with van der Waals surface area (Å²) in [6.45, 7) is 2.66. The second kappa shape index (κ2) is 8.36. The fraction of sp³-hybridized carbons (Fsp3) is 0.500. The van der Waals surface area contributed by atoms with Gasteiger partial charge in [0.05, 0.1) is 5.69 Å². The molecule has 9 heteroatoms. The lowest BCUT2D eigenvalue weighted by atomic mass is 10.2. The number of hydrogen-bond acceptors (Lipinski definition) is 3. The van der Waals surface area contributed by atoms with Crippen LogP contribution in [0.5, 0.6) is 0 Å². The first-order chi connectivity index (χ1) is 13.9. The van der Waals surface area contributed by atoms with Crippen LogP contribution in [0.25, 0.3) is 0 Å². The maximum Gasteiger partial charge on any atom is 0.280 e. The minimum Gasteiger partial charge on any atom is -0.339 e. The van der Waals surface area contributed by atoms with Gasteiger partial charge < -0.3 is 4.90 Å². The molecule has 0 atom stereocenters. The summed E-state index contributed by atoms with van der Waals surface area (Å²) in [6.07, 6.45) is -0.721. The molecule has 2 aromatic rings. The van der Waals surface area contributed by atoms with Crippen molar-refractivity contribution in [1.82, 2.24) is 19.6 Å². The zero-order valence-corrected chi connectivity index (χ0v) is 16.6. The lowest BCUT2D eigenvalue weighted by Gasteiger charge is -2.35. The van der Waals surface area contributed by atoms with Gasteiger partial charge in [-0.15, -0.1) is 0 Å². The van der Waals surface area contributed by atoms with Crippen LogP contribution in [0, 0.1) is 5.82 Å². The van der Waals surface area contributed by atoms with Crippen molar-refractivity contribution in [2.45, 2.75) is 38.3 Å². The van der Waals surface area contributed by atoms with Crippen LogP contribution in [-0.4, -0.2) is 51.7 Å². The van der Waals surface area contributed by atoms with Gasteiger partial charge in [0.1, 0.15) is 18.1 Å². The zero-order chi connectivity index (χ0) is 20.5. The van der Waals surface area contributed by atoms with Crippen LogP contribution >= 0.6 is 11.6 Å². The number of benzene rings is 1. The average molecular weight is 427 g/mol. The Labute approximate surface area is 172 Å². The van der Waals surface area contributed by atoms with Gasteiger partial charge >= 0.3 is 0 Å². The van der Waals surface area contributed by atoms with E-state index in [1.54, 1.807) is 11.0 Å². The summed E-state index contributed by atoms with van der Waals surface area (Å²) < 4.78 is 40.9.